The van der Waals surface area contributed by atoms with Crippen LogP contribution >= 0.6 is 0 Å². The largest absolute Gasteiger partial charge is 0.468 e. The minimum atomic E-state index is -0.842. The van der Waals surface area contributed by atoms with Gasteiger partial charge in [-0.25, -0.2) is 0 Å². The Balaban J connectivity index is 2.02. The first-order valence-corrected chi connectivity index (χ1v) is 6.71. The quantitative estimate of drug-likeness (QED) is 0.737. The zero-order valence-electron chi connectivity index (χ0n) is 11.5. The number of nitrogens with zero attached hydrogens (tertiary/aromatic N) is 1. The van der Waals surface area contributed by atoms with Crippen LogP contribution < -0.4 is 5.73 Å². The molecule has 0 bridgehead atoms. The number of rotatable bonds is 4. The SMILES string of the molecule is COC(=O)C(N)(CN1CC(C)OC(C)C1)C1CC1. The third-order valence-corrected chi connectivity index (χ3v) is 3.85. The third-order valence-electron chi connectivity index (χ3n) is 3.85. The molecule has 0 amide bonds. The first kappa shape index (κ1) is 13.8. The molecule has 0 radical (unpaired) electrons. The van der Waals surface area contributed by atoms with Gasteiger partial charge < -0.3 is 15.2 Å². The van der Waals surface area contributed by atoms with Crippen molar-refractivity contribution in [2.75, 3.05) is 26.7 Å². The van der Waals surface area contributed by atoms with E-state index in [0.29, 0.717) is 6.54 Å². The van der Waals surface area contributed by atoms with Crippen molar-refractivity contribution >= 4 is 5.97 Å². The van der Waals surface area contributed by atoms with Crippen molar-refractivity contribution in [3.8, 4) is 0 Å². The standard InChI is InChI=1S/C13H24N2O3/c1-9-6-15(7-10(2)18-9)8-13(14,11-4-5-11)12(16)17-3/h9-11H,4-8,14H2,1-3H3. The summed E-state index contributed by atoms with van der Waals surface area (Å²) in [6.45, 7) is 6.33. The van der Waals surface area contributed by atoms with E-state index in [1.807, 2.05) is 0 Å². The van der Waals surface area contributed by atoms with Crippen molar-refractivity contribution in [1.29, 1.82) is 0 Å². The lowest BCUT2D eigenvalue weighted by atomic mass is 9.93. The van der Waals surface area contributed by atoms with Gasteiger partial charge in [-0.3, -0.25) is 9.69 Å². The van der Waals surface area contributed by atoms with Gasteiger partial charge in [0.15, 0.2) is 0 Å². The molecular weight excluding hydrogens is 232 g/mol. The van der Waals surface area contributed by atoms with Crippen molar-refractivity contribution < 1.29 is 14.3 Å². The predicted molar refractivity (Wildman–Crippen MR) is 68.1 cm³/mol. The van der Waals surface area contributed by atoms with Gasteiger partial charge in [0.25, 0.3) is 0 Å². The molecule has 3 atom stereocenters. The van der Waals surface area contributed by atoms with Crippen LogP contribution in [0.4, 0.5) is 0 Å². The summed E-state index contributed by atoms with van der Waals surface area (Å²) in [5, 5.41) is 0. The highest BCUT2D eigenvalue weighted by molar-refractivity contribution is 5.81. The summed E-state index contributed by atoms with van der Waals surface area (Å²) in [5.74, 6) is -0.00444. The molecule has 2 fully saturated rings. The van der Waals surface area contributed by atoms with Crippen LogP contribution in [0.5, 0.6) is 0 Å². The fourth-order valence-electron chi connectivity index (χ4n) is 2.93. The van der Waals surface area contributed by atoms with Crippen LogP contribution in [0, 0.1) is 5.92 Å². The number of ether oxygens (including phenoxy) is 2. The molecule has 0 aromatic carbocycles. The van der Waals surface area contributed by atoms with Crippen LogP contribution in [0.1, 0.15) is 26.7 Å². The lowest BCUT2D eigenvalue weighted by Crippen LogP contribution is -2.61. The molecule has 0 aromatic rings. The Hall–Kier alpha value is -0.650. The Labute approximate surface area is 109 Å². The minimum Gasteiger partial charge on any atom is -0.468 e. The van der Waals surface area contributed by atoms with Gasteiger partial charge >= 0.3 is 5.97 Å². The number of morpholine rings is 1. The number of carbonyl (C=O) groups is 1. The van der Waals surface area contributed by atoms with E-state index in [-0.39, 0.29) is 24.1 Å². The first-order valence-electron chi connectivity index (χ1n) is 6.71. The first-order chi connectivity index (χ1) is 8.45. The fraction of sp³-hybridized carbons (Fsp3) is 0.923. The van der Waals surface area contributed by atoms with Crippen LogP contribution in [0.2, 0.25) is 0 Å². The summed E-state index contributed by atoms with van der Waals surface area (Å²) in [5.41, 5.74) is 5.48. The highest BCUT2D eigenvalue weighted by Gasteiger charge is 2.50. The highest BCUT2D eigenvalue weighted by Crippen LogP contribution is 2.39. The van der Waals surface area contributed by atoms with Crippen LogP contribution in [0.15, 0.2) is 0 Å². The topological polar surface area (TPSA) is 64.8 Å². The zero-order chi connectivity index (χ0) is 13.3. The van der Waals surface area contributed by atoms with Gasteiger partial charge in [-0.1, -0.05) is 0 Å². The van der Waals surface area contributed by atoms with Crippen LogP contribution in [-0.4, -0.2) is 55.4 Å². The van der Waals surface area contributed by atoms with Crippen molar-refractivity contribution in [2.24, 2.45) is 11.7 Å². The molecule has 104 valence electrons. The predicted octanol–water partition coefficient (Wildman–Crippen LogP) is 0.376. The lowest BCUT2D eigenvalue weighted by molar-refractivity contribution is -0.150. The van der Waals surface area contributed by atoms with E-state index in [4.69, 9.17) is 15.2 Å². The highest BCUT2D eigenvalue weighted by atomic mass is 16.5. The average Bonchev–Trinajstić information content (AvgIpc) is 3.10. The zero-order valence-corrected chi connectivity index (χ0v) is 11.5. The molecule has 5 nitrogen and oxygen atoms in total. The van der Waals surface area contributed by atoms with E-state index in [1.165, 1.54) is 7.11 Å². The van der Waals surface area contributed by atoms with Crippen molar-refractivity contribution in [1.82, 2.24) is 4.90 Å². The molecule has 1 aliphatic carbocycles. The molecule has 2 rings (SSSR count). The summed E-state index contributed by atoms with van der Waals surface area (Å²) in [6.07, 6.45) is 2.44. The monoisotopic (exact) mass is 256 g/mol. The maximum Gasteiger partial charge on any atom is 0.327 e. The van der Waals surface area contributed by atoms with Gasteiger partial charge in [0.05, 0.1) is 19.3 Å². The summed E-state index contributed by atoms with van der Waals surface area (Å²) in [7, 11) is 1.41. The second kappa shape index (κ2) is 5.15. The molecule has 1 saturated carbocycles. The second-order valence-corrected chi connectivity index (χ2v) is 5.76. The Kier molecular flexibility index (Phi) is 3.94. The van der Waals surface area contributed by atoms with Crippen molar-refractivity contribution in [3.05, 3.63) is 0 Å². The summed E-state index contributed by atoms with van der Waals surface area (Å²) in [4.78, 5) is 14.2. The number of nitrogens with two attached hydrogens (primary N) is 1. The summed E-state index contributed by atoms with van der Waals surface area (Å²) in [6, 6.07) is 0. The van der Waals surface area contributed by atoms with E-state index in [2.05, 4.69) is 18.7 Å². The Bertz CT molecular complexity index is 309. The smallest absolute Gasteiger partial charge is 0.327 e. The molecule has 18 heavy (non-hydrogen) atoms. The number of methoxy groups -OCH3 is 1. The second-order valence-electron chi connectivity index (χ2n) is 5.76. The van der Waals surface area contributed by atoms with Gasteiger partial charge in [0.1, 0.15) is 5.54 Å². The normalized spacial score (nSPS) is 32.9. The van der Waals surface area contributed by atoms with Gasteiger partial charge in [-0.15, -0.1) is 0 Å². The van der Waals surface area contributed by atoms with E-state index in [0.717, 1.165) is 25.9 Å². The van der Waals surface area contributed by atoms with Crippen LogP contribution in [0.3, 0.4) is 0 Å². The molecule has 0 aromatic heterocycles. The molecule has 1 heterocycles. The molecule has 1 aliphatic heterocycles. The Morgan fingerprint density at radius 1 is 1.39 bits per heavy atom. The van der Waals surface area contributed by atoms with Gasteiger partial charge in [0.2, 0.25) is 0 Å². The maximum atomic E-state index is 11.9. The van der Waals surface area contributed by atoms with Gasteiger partial charge in [-0.2, -0.15) is 0 Å². The van der Waals surface area contributed by atoms with E-state index >= 15 is 0 Å². The molecule has 3 unspecified atom stereocenters. The summed E-state index contributed by atoms with van der Waals surface area (Å²) < 4.78 is 10.6. The summed E-state index contributed by atoms with van der Waals surface area (Å²) >= 11 is 0. The molecule has 0 spiro atoms. The molecule has 2 N–H and O–H groups in total. The van der Waals surface area contributed by atoms with E-state index < -0.39 is 5.54 Å². The minimum absolute atomic E-state index is 0.190. The number of esters is 1. The number of hydrogen-bond acceptors (Lipinski definition) is 5. The van der Waals surface area contributed by atoms with Gasteiger partial charge in [0, 0.05) is 19.6 Å². The average molecular weight is 256 g/mol. The van der Waals surface area contributed by atoms with Crippen molar-refractivity contribution in [2.45, 2.75) is 44.4 Å². The fourth-order valence-corrected chi connectivity index (χ4v) is 2.93. The van der Waals surface area contributed by atoms with Gasteiger partial charge in [-0.05, 0) is 32.6 Å². The lowest BCUT2D eigenvalue weighted by Gasteiger charge is -2.39. The van der Waals surface area contributed by atoms with Crippen molar-refractivity contribution in [3.63, 3.8) is 0 Å². The van der Waals surface area contributed by atoms with Crippen LogP contribution in [-0.2, 0) is 14.3 Å². The third kappa shape index (κ3) is 2.84. The Morgan fingerprint density at radius 2 is 1.94 bits per heavy atom. The molecular formula is C13H24N2O3. The number of hydrogen-bond donors (Lipinski definition) is 1. The van der Waals surface area contributed by atoms with E-state index in [1.54, 1.807) is 0 Å². The molecule has 5 heteroatoms. The molecule has 1 saturated heterocycles. The van der Waals surface area contributed by atoms with E-state index in [9.17, 15) is 4.79 Å². The maximum absolute atomic E-state index is 11.9. The Morgan fingerprint density at radius 3 is 2.39 bits per heavy atom. The van der Waals surface area contributed by atoms with Crippen LogP contribution in [0.25, 0.3) is 0 Å². The molecule has 2 aliphatic rings. The number of carbonyl (C=O) groups excluding carboxylic acids is 1.